The number of hydrogen-bond acceptors (Lipinski definition) is 4. The van der Waals surface area contributed by atoms with Gasteiger partial charge in [-0.1, -0.05) is 0 Å². The molecule has 5 heteroatoms. The lowest BCUT2D eigenvalue weighted by Crippen LogP contribution is -2.42. The van der Waals surface area contributed by atoms with Crippen LogP contribution in [0.2, 0.25) is 0 Å². The zero-order valence-electron chi connectivity index (χ0n) is 11.3. The van der Waals surface area contributed by atoms with E-state index in [0.717, 1.165) is 19.0 Å². The maximum absolute atomic E-state index is 10.9. The van der Waals surface area contributed by atoms with Crippen LogP contribution in [0.15, 0.2) is 0 Å². The molecule has 1 aliphatic carbocycles. The highest BCUT2D eigenvalue weighted by molar-refractivity contribution is 5.69. The minimum atomic E-state index is -0.747. The minimum absolute atomic E-state index is 0.124. The molecule has 2 rings (SSSR count). The van der Waals surface area contributed by atoms with Crippen LogP contribution in [0.1, 0.15) is 26.2 Å². The number of likely N-dealkylation sites (tertiary alicyclic amines) is 1. The van der Waals surface area contributed by atoms with Crippen molar-refractivity contribution < 1.29 is 14.6 Å². The Bertz CT molecular complexity index is 294. The van der Waals surface area contributed by atoms with Crippen molar-refractivity contribution in [3.05, 3.63) is 0 Å². The highest BCUT2D eigenvalue weighted by Crippen LogP contribution is 2.34. The van der Waals surface area contributed by atoms with Gasteiger partial charge < -0.3 is 9.84 Å². The van der Waals surface area contributed by atoms with Gasteiger partial charge in [-0.15, -0.1) is 0 Å². The molecule has 0 bridgehead atoms. The van der Waals surface area contributed by atoms with Crippen molar-refractivity contribution in [2.75, 3.05) is 33.4 Å². The first-order valence-corrected chi connectivity index (χ1v) is 6.82. The quantitative estimate of drug-likeness (QED) is 0.724. The summed E-state index contributed by atoms with van der Waals surface area (Å²) in [5.41, 5.74) is 0. The van der Waals surface area contributed by atoms with Crippen molar-refractivity contribution >= 4 is 5.97 Å². The van der Waals surface area contributed by atoms with Gasteiger partial charge in [0.2, 0.25) is 0 Å². The van der Waals surface area contributed by atoms with Crippen LogP contribution < -0.4 is 0 Å². The number of nitrogens with zero attached hydrogens (tertiary/aromatic N) is 2. The molecular formula is C13H24N2O3. The first-order valence-electron chi connectivity index (χ1n) is 6.82. The molecular weight excluding hydrogens is 232 g/mol. The Hall–Kier alpha value is -0.650. The lowest BCUT2D eigenvalue weighted by Gasteiger charge is -2.27. The number of aliphatic carboxylic acids is 1. The second-order valence-corrected chi connectivity index (χ2v) is 5.52. The van der Waals surface area contributed by atoms with E-state index >= 15 is 0 Å². The Kier molecular flexibility index (Phi) is 4.59. The molecule has 1 aliphatic heterocycles. The number of hydrogen-bond donors (Lipinski definition) is 1. The number of rotatable bonds is 7. The lowest BCUT2D eigenvalue weighted by molar-refractivity contribution is -0.139. The normalized spacial score (nSPS) is 29.1. The van der Waals surface area contributed by atoms with E-state index in [0.29, 0.717) is 25.2 Å². The smallest absolute Gasteiger partial charge is 0.317 e. The summed E-state index contributed by atoms with van der Waals surface area (Å²) in [4.78, 5) is 15.6. The van der Waals surface area contributed by atoms with Gasteiger partial charge >= 0.3 is 5.97 Å². The summed E-state index contributed by atoms with van der Waals surface area (Å²) in [6.45, 7) is 4.70. The highest BCUT2D eigenvalue weighted by atomic mass is 16.5. The standard InChI is InChI=1S/C13H24N2O3/c1-10-7-12(8-15(10)11-3-4-11)14(5-6-18-2)9-13(16)17/h10-12H,3-9H2,1-2H3,(H,16,17). The maximum atomic E-state index is 10.9. The fourth-order valence-corrected chi connectivity index (χ4v) is 2.98. The van der Waals surface area contributed by atoms with Gasteiger partial charge in [-0.25, -0.2) is 0 Å². The van der Waals surface area contributed by atoms with E-state index < -0.39 is 5.97 Å². The number of carboxylic acids is 1. The van der Waals surface area contributed by atoms with E-state index in [2.05, 4.69) is 16.7 Å². The summed E-state index contributed by atoms with van der Waals surface area (Å²) in [6, 6.07) is 1.72. The van der Waals surface area contributed by atoms with Crippen molar-refractivity contribution in [1.29, 1.82) is 0 Å². The van der Waals surface area contributed by atoms with Crippen LogP contribution >= 0.6 is 0 Å². The van der Waals surface area contributed by atoms with Gasteiger partial charge in [-0.05, 0) is 26.2 Å². The van der Waals surface area contributed by atoms with Crippen LogP contribution in [-0.4, -0.2) is 72.4 Å². The molecule has 1 saturated heterocycles. The van der Waals surface area contributed by atoms with Gasteiger partial charge in [-0.3, -0.25) is 14.6 Å². The molecule has 0 amide bonds. The van der Waals surface area contributed by atoms with Crippen LogP contribution in [-0.2, 0) is 9.53 Å². The number of methoxy groups -OCH3 is 1. The third-order valence-electron chi connectivity index (χ3n) is 4.05. The first kappa shape index (κ1) is 13.8. The van der Waals surface area contributed by atoms with Crippen LogP contribution in [0.3, 0.4) is 0 Å². The SMILES string of the molecule is COCCN(CC(=O)O)C1CC(C)N(C2CC2)C1. The lowest BCUT2D eigenvalue weighted by atomic mass is 10.1. The molecule has 1 heterocycles. The molecule has 18 heavy (non-hydrogen) atoms. The topological polar surface area (TPSA) is 53.0 Å². The summed E-state index contributed by atoms with van der Waals surface area (Å²) in [5.74, 6) is -0.747. The van der Waals surface area contributed by atoms with E-state index in [9.17, 15) is 4.79 Å². The largest absolute Gasteiger partial charge is 0.480 e. The Balaban J connectivity index is 1.90. The summed E-state index contributed by atoms with van der Waals surface area (Å²) < 4.78 is 5.08. The third kappa shape index (κ3) is 3.43. The van der Waals surface area contributed by atoms with Gasteiger partial charge in [0.25, 0.3) is 0 Å². The molecule has 0 aromatic rings. The molecule has 1 saturated carbocycles. The van der Waals surface area contributed by atoms with Crippen molar-refractivity contribution in [3.8, 4) is 0 Å². The Labute approximate surface area is 109 Å². The van der Waals surface area contributed by atoms with E-state index in [-0.39, 0.29) is 6.54 Å². The molecule has 0 aromatic heterocycles. The molecule has 2 unspecified atom stereocenters. The van der Waals surface area contributed by atoms with Gasteiger partial charge in [0.1, 0.15) is 0 Å². The van der Waals surface area contributed by atoms with Gasteiger partial charge in [0.05, 0.1) is 13.2 Å². The van der Waals surface area contributed by atoms with Crippen LogP contribution in [0.5, 0.6) is 0 Å². The molecule has 1 N–H and O–H groups in total. The van der Waals surface area contributed by atoms with E-state index in [1.807, 2.05) is 0 Å². The monoisotopic (exact) mass is 256 g/mol. The Morgan fingerprint density at radius 2 is 2.22 bits per heavy atom. The maximum Gasteiger partial charge on any atom is 0.317 e. The fraction of sp³-hybridized carbons (Fsp3) is 0.923. The molecule has 104 valence electrons. The molecule has 2 fully saturated rings. The number of ether oxygens (including phenoxy) is 1. The predicted octanol–water partition coefficient (Wildman–Crippen LogP) is 0.645. The zero-order valence-corrected chi connectivity index (χ0v) is 11.3. The molecule has 2 aliphatic rings. The van der Waals surface area contributed by atoms with Gasteiger partial charge in [-0.2, -0.15) is 0 Å². The van der Waals surface area contributed by atoms with Crippen molar-refractivity contribution in [2.45, 2.75) is 44.3 Å². The summed E-state index contributed by atoms with van der Waals surface area (Å²) in [5, 5.41) is 9.00. The molecule has 2 atom stereocenters. The average molecular weight is 256 g/mol. The first-order chi connectivity index (χ1) is 8.61. The van der Waals surface area contributed by atoms with E-state index in [1.165, 1.54) is 12.8 Å². The van der Waals surface area contributed by atoms with Crippen LogP contribution in [0, 0.1) is 0 Å². The second-order valence-electron chi connectivity index (χ2n) is 5.52. The van der Waals surface area contributed by atoms with Crippen LogP contribution in [0.4, 0.5) is 0 Å². The van der Waals surface area contributed by atoms with Gasteiger partial charge in [0.15, 0.2) is 0 Å². The molecule has 0 spiro atoms. The fourth-order valence-electron chi connectivity index (χ4n) is 2.98. The molecule has 5 nitrogen and oxygen atoms in total. The summed E-state index contributed by atoms with van der Waals surface area (Å²) in [7, 11) is 1.66. The average Bonchev–Trinajstić information content (AvgIpc) is 3.08. The van der Waals surface area contributed by atoms with Gasteiger partial charge in [0, 0.05) is 38.3 Å². The molecule has 0 aromatic carbocycles. The highest BCUT2D eigenvalue weighted by Gasteiger charge is 2.40. The minimum Gasteiger partial charge on any atom is -0.480 e. The Morgan fingerprint density at radius 3 is 2.78 bits per heavy atom. The van der Waals surface area contributed by atoms with E-state index in [4.69, 9.17) is 9.84 Å². The third-order valence-corrected chi connectivity index (χ3v) is 4.05. The van der Waals surface area contributed by atoms with E-state index in [1.54, 1.807) is 7.11 Å². The number of carboxylic acid groups (broad SMARTS) is 1. The van der Waals surface area contributed by atoms with Crippen molar-refractivity contribution in [1.82, 2.24) is 9.80 Å². The van der Waals surface area contributed by atoms with Crippen molar-refractivity contribution in [3.63, 3.8) is 0 Å². The zero-order chi connectivity index (χ0) is 13.1. The summed E-state index contributed by atoms with van der Waals surface area (Å²) >= 11 is 0. The van der Waals surface area contributed by atoms with Crippen molar-refractivity contribution in [2.24, 2.45) is 0 Å². The number of carbonyl (C=O) groups is 1. The second kappa shape index (κ2) is 5.99. The predicted molar refractivity (Wildman–Crippen MR) is 68.7 cm³/mol. The van der Waals surface area contributed by atoms with Crippen LogP contribution in [0.25, 0.3) is 0 Å². The summed E-state index contributed by atoms with van der Waals surface area (Å²) in [6.07, 6.45) is 3.70. The Morgan fingerprint density at radius 1 is 1.50 bits per heavy atom. The molecule has 0 radical (unpaired) electrons.